The normalized spacial score (nSPS) is 9.47. The maximum atomic E-state index is 11.6. The molecule has 0 aromatic carbocycles. The first-order chi connectivity index (χ1) is 6.79. The van der Waals surface area contributed by atoms with Gasteiger partial charge in [-0.15, -0.1) is 35.5 Å². The van der Waals surface area contributed by atoms with Crippen LogP contribution in [-0.4, -0.2) is 25.3 Å². The van der Waals surface area contributed by atoms with Crippen molar-refractivity contribution in [1.29, 1.82) is 0 Å². The van der Waals surface area contributed by atoms with Gasteiger partial charge >= 0.3 is 0 Å². The van der Waals surface area contributed by atoms with E-state index < -0.39 is 0 Å². The summed E-state index contributed by atoms with van der Waals surface area (Å²) >= 11 is 3.07. The van der Waals surface area contributed by atoms with Crippen molar-refractivity contribution in [2.75, 3.05) is 19.3 Å². The summed E-state index contributed by atoms with van der Waals surface area (Å²) in [5.41, 5.74) is 5.34. The minimum Gasteiger partial charge on any atom is -0.351 e. The summed E-state index contributed by atoms with van der Waals surface area (Å²) in [6.07, 6.45) is 2.80. The van der Waals surface area contributed by atoms with E-state index in [1.165, 1.54) is 11.3 Å². The summed E-state index contributed by atoms with van der Waals surface area (Å²) in [5.74, 6) is 0.0119. The number of halogens is 1. The first-order valence-electron chi connectivity index (χ1n) is 4.39. The van der Waals surface area contributed by atoms with Gasteiger partial charge in [-0.2, -0.15) is 0 Å². The molecule has 1 aromatic rings. The molecule has 0 fully saturated rings. The molecule has 0 aliphatic carbocycles. The Labute approximate surface area is 104 Å². The molecule has 0 atom stereocenters. The number of thiophene rings is 1. The fourth-order valence-corrected chi connectivity index (χ4v) is 2.67. The molecule has 0 bridgehead atoms. The Bertz CT molecular complexity index is 304. The van der Waals surface area contributed by atoms with Crippen LogP contribution < -0.4 is 11.1 Å². The minimum atomic E-state index is 0. The lowest BCUT2D eigenvalue weighted by molar-refractivity contribution is 0.0955. The highest BCUT2D eigenvalue weighted by molar-refractivity contribution is 7.98. The molecular weight excluding hydrogens is 252 g/mol. The van der Waals surface area contributed by atoms with E-state index >= 15 is 0 Å². The molecule has 0 saturated carbocycles. The quantitative estimate of drug-likeness (QED) is 0.633. The topological polar surface area (TPSA) is 55.1 Å². The fourth-order valence-electron chi connectivity index (χ4n) is 1.01. The first kappa shape index (κ1) is 14.8. The van der Waals surface area contributed by atoms with Gasteiger partial charge < -0.3 is 11.1 Å². The molecule has 3 nitrogen and oxygen atoms in total. The number of nitrogens with two attached hydrogens (primary N) is 1. The van der Waals surface area contributed by atoms with Crippen molar-refractivity contribution >= 4 is 41.4 Å². The highest BCUT2D eigenvalue weighted by atomic mass is 35.5. The predicted molar refractivity (Wildman–Crippen MR) is 69.4 cm³/mol. The van der Waals surface area contributed by atoms with Gasteiger partial charge in [-0.1, -0.05) is 0 Å². The Hall–Kier alpha value is -0.230. The van der Waals surface area contributed by atoms with Gasteiger partial charge in [0.25, 0.3) is 5.91 Å². The molecule has 1 heterocycles. The van der Waals surface area contributed by atoms with E-state index in [4.69, 9.17) is 5.73 Å². The van der Waals surface area contributed by atoms with Crippen molar-refractivity contribution in [3.63, 3.8) is 0 Å². The summed E-state index contributed by atoms with van der Waals surface area (Å²) in [6, 6.07) is 1.97. The van der Waals surface area contributed by atoms with Crippen LogP contribution in [0.15, 0.2) is 16.3 Å². The third-order valence-corrected chi connectivity index (χ3v) is 3.54. The second-order valence-corrected chi connectivity index (χ2v) is 4.48. The molecule has 1 amide bonds. The van der Waals surface area contributed by atoms with Crippen molar-refractivity contribution in [3.05, 3.63) is 16.3 Å². The van der Waals surface area contributed by atoms with E-state index in [9.17, 15) is 4.79 Å². The van der Waals surface area contributed by atoms with Crippen LogP contribution in [-0.2, 0) is 0 Å². The average Bonchev–Trinajstić information content (AvgIpc) is 2.65. The van der Waals surface area contributed by atoms with Gasteiger partial charge in [-0.05, 0) is 30.7 Å². The number of hydrogen-bond donors (Lipinski definition) is 2. The van der Waals surface area contributed by atoms with Gasteiger partial charge in [0.15, 0.2) is 0 Å². The van der Waals surface area contributed by atoms with E-state index in [-0.39, 0.29) is 18.3 Å². The Kier molecular flexibility index (Phi) is 7.86. The summed E-state index contributed by atoms with van der Waals surface area (Å²) in [7, 11) is 0. The molecule has 0 aliphatic heterocycles. The highest BCUT2D eigenvalue weighted by Gasteiger charge is 2.11. The third-order valence-electron chi connectivity index (χ3n) is 1.72. The van der Waals surface area contributed by atoms with Gasteiger partial charge in [-0.25, -0.2) is 0 Å². The lowest BCUT2D eigenvalue weighted by atomic mass is 10.4. The lowest BCUT2D eigenvalue weighted by Gasteiger charge is -2.03. The van der Waals surface area contributed by atoms with Gasteiger partial charge in [-0.3, -0.25) is 4.79 Å². The third kappa shape index (κ3) is 4.42. The summed E-state index contributed by atoms with van der Waals surface area (Å²) in [4.78, 5) is 13.4. The maximum Gasteiger partial charge on any atom is 0.262 e. The van der Waals surface area contributed by atoms with E-state index in [0.717, 1.165) is 16.2 Å². The van der Waals surface area contributed by atoms with Gasteiger partial charge in [0.2, 0.25) is 0 Å². The van der Waals surface area contributed by atoms with E-state index in [1.807, 2.05) is 17.7 Å². The minimum absolute atomic E-state index is 0. The van der Waals surface area contributed by atoms with Crippen molar-refractivity contribution in [1.82, 2.24) is 5.32 Å². The summed E-state index contributed by atoms with van der Waals surface area (Å²) in [6.45, 7) is 1.27. The van der Waals surface area contributed by atoms with Crippen LogP contribution in [0.1, 0.15) is 16.1 Å². The SMILES string of the molecule is CSc1ccsc1C(=O)NCCCN.Cl. The van der Waals surface area contributed by atoms with E-state index in [0.29, 0.717) is 13.1 Å². The Balaban J connectivity index is 0.00000196. The fraction of sp³-hybridized carbons (Fsp3) is 0.444. The van der Waals surface area contributed by atoms with Crippen LogP contribution in [0, 0.1) is 0 Å². The molecule has 0 radical (unpaired) electrons. The van der Waals surface area contributed by atoms with Gasteiger partial charge in [0, 0.05) is 11.4 Å². The van der Waals surface area contributed by atoms with Crippen molar-refractivity contribution in [2.45, 2.75) is 11.3 Å². The molecule has 6 heteroatoms. The lowest BCUT2D eigenvalue weighted by Crippen LogP contribution is -2.25. The van der Waals surface area contributed by atoms with Crippen LogP contribution in [0.4, 0.5) is 0 Å². The van der Waals surface area contributed by atoms with Crippen LogP contribution in [0.3, 0.4) is 0 Å². The second-order valence-electron chi connectivity index (χ2n) is 2.72. The molecule has 1 rings (SSSR count). The molecule has 15 heavy (non-hydrogen) atoms. The number of carbonyl (C=O) groups excluding carboxylic acids is 1. The zero-order valence-corrected chi connectivity index (χ0v) is 10.9. The number of carbonyl (C=O) groups is 1. The second kappa shape index (κ2) is 7.98. The van der Waals surface area contributed by atoms with Crippen LogP contribution in [0.5, 0.6) is 0 Å². The molecule has 0 spiro atoms. The van der Waals surface area contributed by atoms with E-state index in [1.54, 1.807) is 11.8 Å². The number of nitrogens with one attached hydrogen (secondary N) is 1. The number of thioether (sulfide) groups is 1. The number of rotatable bonds is 5. The molecule has 3 N–H and O–H groups in total. The molecule has 0 unspecified atom stereocenters. The van der Waals surface area contributed by atoms with Crippen LogP contribution in [0.25, 0.3) is 0 Å². The van der Waals surface area contributed by atoms with Crippen molar-refractivity contribution in [3.8, 4) is 0 Å². The Morgan fingerprint density at radius 2 is 2.40 bits per heavy atom. The molecule has 1 aromatic heterocycles. The summed E-state index contributed by atoms with van der Waals surface area (Å²) in [5, 5.41) is 4.77. The number of amides is 1. The standard InChI is InChI=1S/C9H14N2OS2.ClH/c1-13-7-3-6-14-8(7)9(12)11-5-2-4-10;/h3,6H,2,4-5,10H2,1H3,(H,11,12);1H. The van der Waals surface area contributed by atoms with Crippen LogP contribution >= 0.6 is 35.5 Å². The first-order valence-corrected chi connectivity index (χ1v) is 6.49. The number of hydrogen-bond acceptors (Lipinski definition) is 4. The largest absolute Gasteiger partial charge is 0.351 e. The van der Waals surface area contributed by atoms with Gasteiger partial charge in [0.1, 0.15) is 4.88 Å². The highest BCUT2D eigenvalue weighted by Crippen LogP contribution is 2.25. The van der Waals surface area contributed by atoms with E-state index in [2.05, 4.69) is 5.32 Å². The Morgan fingerprint density at radius 3 is 3.00 bits per heavy atom. The van der Waals surface area contributed by atoms with Crippen LogP contribution in [0.2, 0.25) is 0 Å². The monoisotopic (exact) mass is 266 g/mol. The average molecular weight is 267 g/mol. The van der Waals surface area contributed by atoms with Crippen molar-refractivity contribution in [2.24, 2.45) is 5.73 Å². The molecular formula is C9H15ClN2OS2. The van der Waals surface area contributed by atoms with Crippen molar-refractivity contribution < 1.29 is 4.79 Å². The molecule has 0 saturated heterocycles. The smallest absolute Gasteiger partial charge is 0.262 e. The predicted octanol–water partition coefficient (Wildman–Crippen LogP) is 1.97. The maximum absolute atomic E-state index is 11.6. The Morgan fingerprint density at radius 1 is 1.67 bits per heavy atom. The summed E-state index contributed by atoms with van der Waals surface area (Å²) < 4.78 is 0. The zero-order chi connectivity index (χ0) is 10.4. The van der Waals surface area contributed by atoms with Gasteiger partial charge in [0.05, 0.1) is 0 Å². The molecule has 0 aliphatic rings. The zero-order valence-electron chi connectivity index (χ0n) is 8.49. The molecule has 86 valence electrons.